The largest absolute Gasteiger partial charge is 0.490 e. The third-order valence-corrected chi connectivity index (χ3v) is 5.44. The second kappa shape index (κ2) is 6.55. The molecule has 4 rings (SSSR count). The fourth-order valence-electron chi connectivity index (χ4n) is 3.93. The third-order valence-electron chi connectivity index (χ3n) is 4.95. The molecule has 1 aromatic carbocycles. The van der Waals surface area contributed by atoms with Crippen molar-refractivity contribution in [3.63, 3.8) is 0 Å². The first kappa shape index (κ1) is 15.6. The number of carbonyl (C=O) groups excluding carboxylic acids is 1. The first-order valence-corrected chi connectivity index (χ1v) is 9.15. The van der Waals surface area contributed by atoms with E-state index in [9.17, 15) is 4.79 Å². The van der Waals surface area contributed by atoms with E-state index >= 15 is 0 Å². The Kier molecular flexibility index (Phi) is 4.27. The molecule has 0 N–H and O–H groups in total. The number of ether oxygens (including phenoxy) is 1. The topological polar surface area (TPSA) is 42.4 Å². The molecule has 2 bridgehead atoms. The van der Waals surface area contributed by atoms with Crippen LogP contribution >= 0.6 is 15.9 Å². The van der Waals surface area contributed by atoms with E-state index in [1.807, 2.05) is 36.4 Å². The van der Waals surface area contributed by atoms with Crippen LogP contribution in [0.15, 0.2) is 53.3 Å². The number of amides is 1. The Hall–Kier alpha value is -1.88. The van der Waals surface area contributed by atoms with Crippen molar-refractivity contribution in [2.75, 3.05) is 0 Å². The van der Waals surface area contributed by atoms with Crippen molar-refractivity contribution in [2.45, 2.75) is 43.9 Å². The lowest BCUT2D eigenvalue weighted by molar-refractivity contribution is 0.0358. The maximum atomic E-state index is 12.9. The van der Waals surface area contributed by atoms with Gasteiger partial charge in [-0.15, -0.1) is 0 Å². The van der Waals surface area contributed by atoms with E-state index in [2.05, 4.69) is 25.8 Å². The van der Waals surface area contributed by atoms with Crippen LogP contribution in [0.2, 0.25) is 0 Å². The minimum absolute atomic E-state index is 0.145. The van der Waals surface area contributed by atoms with Gasteiger partial charge in [-0.1, -0.05) is 22.0 Å². The molecule has 1 aromatic heterocycles. The average molecular weight is 387 g/mol. The first-order valence-electron chi connectivity index (χ1n) is 8.35. The molecule has 2 atom stereocenters. The second-order valence-electron chi connectivity index (χ2n) is 6.50. The van der Waals surface area contributed by atoms with Crippen LogP contribution in [0.1, 0.15) is 36.0 Å². The minimum Gasteiger partial charge on any atom is -0.490 e. The van der Waals surface area contributed by atoms with E-state index < -0.39 is 0 Å². The summed E-state index contributed by atoms with van der Waals surface area (Å²) >= 11 is 3.45. The highest BCUT2D eigenvalue weighted by molar-refractivity contribution is 9.10. The quantitative estimate of drug-likeness (QED) is 0.798. The maximum Gasteiger partial charge on any atom is 0.254 e. The highest BCUT2D eigenvalue weighted by atomic mass is 79.9. The monoisotopic (exact) mass is 386 g/mol. The maximum absolute atomic E-state index is 12.9. The standard InChI is InChI=1S/C19H19BrN2O2/c20-14-3-1-2-13(10-14)19(23)22-15-4-5-16(22)12-18(11-15)24-17-6-8-21-9-7-17/h1-3,6-10,15-16,18H,4-5,11-12H2. The van der Waals surface area contributed by atoms with E-state index in [1.54, 1.807) is 12.4 Å². The summed E-state index contributed by atoms with van der Waals surface area (Å²) in [6.07, 6.45) is 7.61. The van der Waals surface area contributed by atoms with Crippen LogP contribution in [0.5, 0.6) is 5.75 Å². The van der Waals surface area contributed by atoms with Crippen LogP contribution < -0.4 is 4.74 Å². The van der Waals surface area contributed by atoms with Crippen molar-refractivity contribution in [3.8, 4) is 5.75 Å². The Bertz CT molecular complexity index is 723. The smallest absolute Gasteiger partial charge is 0.254 e. The van der Waals surface area contributed by atoms with E-state index in [4.69, 9.17) is 4.74 Å². The van der Waals surface area contributed by atoms with Gasteiger partial charge in [0.1, 0.15) is 11.9 Å². The lowest BCUT2D eigenvalue weighted by atomic mass is 9.98. The Balaban J connectivity index is 1.48. The van der Waals surface area contributed by atoms with Crippen LogP contribution in [-0.2, 0) is 0 Å². The number of nitrogens with zero attached hydrogens (tertiary/aromatic N) is 2. The van der Waals surface area contributed by atoms with E-state index in [0.29, 0.717) is 0 Å². The predicted octanol–water partition coefficient (Wildman–Crippen LogP) is 4.06. The Labute approximate surface area is 150 Å². The molecule has 24 heavy (non-hydrogen) atoms. The summed E-state index contributed by atoms with van der Waals surface area (Å²) in [6, 6.07) is 12.0. The molecule has 1 amide bonds. The number of benzene rings is 1. The van der Waals surface area contributed by atoms with Gasteiger partial charge in [0.2, 0.25) is 0 Å². The second-order valence-corrected chi connectivity index (χ2v) is 7.42. The number of carbonyl (C=O) groups is 1. The number of rotatable bonds is 3. The van der Waals surface area contributed by atoms with Crippen molar-refractivity contribution in [1.29, 1.82) is 0 Å². The summed E-state index contributed by atoms with van der Waals surface area (Å²) < 4.78 is 7.04. The highest BCUT2D eigenvalue weighted by Crippen LogP contribution is 2.38. The molecule has 2 aromatic rings. The summed E-state index contributed by atoms with van der Waals surface area (Å²) in [5, 5.41) is 0. The summed E-state index contributed by atoms with van der Waals surface area (Å²) in [5.41, 5.74) is 0.759. The number of hydrogen-bond donors (Lipinski definition) is 0. The van der Waals surface area contributed by atoms with Crippen molar-refractivity contribution >= 4 is 21.8 Å². The van der Waals surface area contributed by atoms with Gasteiger partial charge in [-0.25, -0.2) is 0 Å². The number of aromatic nitrogens is 1. The molecule has 0 saturated carbocycles. The van der Waals surface area contributed by atoms with E-state index in [0.717, 1.165) is 41.5 Å². The molecule has 2 fully saturated rings. The van der Waals surface area contributed by atoms with Crippen molar-refractivity contribution in [2.24, 2.45) is 0 Å². The molecule has 0 aliphatic carbocycles. The van der Waals surface area contributed by atoms with Crippen LogP contribution in [0, 0.1) is 0 Å². The molecular formula is C19H19BrN2O2. The van der Waals surface area contributed by atoms with Crippen molar-refractivity contribution < 1.29 is 9.53 Å². The molecule has 2 unspecified atom stereocenters. The molecule has 2 aliphatic rings. The lowest BCUT2D eigenvalue weighted by Gasteiger charge is -2.39. The lowest BCUT2D eigenvalue weighted by Crippen LogP contribution is -2.49. The van der Waals surface area contributed by atoms with Gasteiger partial charge >= 0.3 is 0 Å². The van der Waals surface area contributed by atoms with Crippen LogP contribution in [0.4, 0.5) is 0 Å². The number of hydrogen-bond acceptors (Lipinski definition) is 3. The Morgan fingerprint density at radius 1 is 1.12 bits per heavy atom. The molecule has 0 spiro atoms. The molecule has 4 nitrogen and oxygen atoms in total. The van der Waals surface area contributed by atoms with Gasteiger partial charge < -0.3 is 9.64 Å². The van der Waals surface area contributed by atoms with Crippen molar-refractivity contribution in [1.82, 2.24) is 9.88 Å². The molecule has 0 radical (unpaired) electrons. The zero-order valence-electron chi connectivity index (χ0n) is 13.3. The van der Waals surface area contributed by atoms with Gasteiger partial charge in [0.15, 0.2) is 0 Å². The minimum atomic E-state index is 0.145. The zero-order chi connectivity index (χ0) is 16.5. The Morgan fingerprint density at radius 2 is 1.83 bits per heavy atom. The molecule has 5 heteroatoms. The van der Waals surface area contributed by atoms with Crippen LogP contribution in [0.3, 0.4) is 0 Å². The number of halogens is 1. The van der Waals surface area contributed by atoms with Crippen LogP contribution in [-0.4, -0.2) is 34.0 Å². The van der Waals surface area contributed by atoms with Gasteiger partial charge in [-0.3, -0.25) is 9.78 Å². The predicted molar refractivity (Wildman–Crippen MR) is 95.0 cm³/mol. The summed E-state index contributed by atoms with van der Waals surface area (Å²) in [5.74, 6) is 1.01. The van der Waals surface area contributed by atoms with Gasteiger partial charge in [0.25, 0.3) is 5.91 Å². The number of fused-ring (bicyclic) bond motifs is 2. The van der Waals surface area contributed by atoms with E-state index in [-0.39, 0.29) is 24.1 Å². The fraction of sp³-hybridized carbons (Fsp3) is 0.368. The Morgan fingerprint density at radius 3 is 2.50 bits per heavy atom. The van der Waals surface area contributed by atoms with Crippen LogP contribution in [0.25, 0.3) is 0 Å². The first-order chi connectivity index (χ1) is 11.7. The molecule has 3 heterocycles. The summed E-state index contributed by atoms with van der Waals surface area (Å²) in [4.78, 5) is 19.0. The summed E-state index contributed by atoms with van der Waals surface area (Å²) in [7, 11) is 0. The van der Waals surface area contributed by atoms with Crippen molar-refractivity contribution in [3.05, 3.63) is 58.8 Å². The number of piperidine rings is 1. The van der Waals surface area contributed by atoms with Gasteiger partial charge in [-0.05, 0) is 43.2 Å². The highest BCUT2D eigenvalue weighted by Gasteiger charge is 2.44. The fourth-order valence-corrected chi connectivity index (χ4v) is 4.33. The van der Waals surface area contributed by atoms with E-state index in [1.165, 1.54) is 0 Å². The van der Waals surface area contributed by atoms with Gasteiger partial charge in [-0.2, -0.15) is 0 Å². The SMILES string of the molecule is O=C(c1cccc(Br)c1)N1C2CCC1CC(Oc1ccncc1)C2. The van der Waals surface area contributed by atoms with Gasteiger partial charge in [0, 0.05) is 47.4 Å². The average Bonchev–Trinajstić information content (AvgIpc) is 2.86. The molecular weight excluding hydrogens is 368 g/mol. The normalized spacial score (nSPS) is 25.5. The summed E-state index contributed by atoms with van der Waals surface area (Å²) in [6.45, 7) is 0. The zero-order valence-corrected chi connectivity index (χ0v) is 14.9. The molecule has 124 valence electrons. The molecule has 2 aliphatic heterocycles. The molecule has 2 saturated heterocycles. The van der Waals surface area contributed by atoms with Gasteiger partial charge in [0.05, 0.1) is 0 Å². The third kappa shape index (κ3) is 3.05. The number of pyridine rings is 1.